The first-order chi connectivity index (χ1) is 12.3. The molecule has 0 radical (unpaired) electrons. The third-order valence-corrected chi connectivity index (χ3v) is 9.97. The number of rotatable bonds is 3. The van der Waals surface area contributed by atoms with E-state index in [4.69, 9.17) is 0 Å². The highest BCUT2D eigenvalue weighted by Crippen LogP contribution is 2.68. The van der Waals surface area contributed by atoms with E-state index in [9.17, 15) is 4.79 Å². The van der Waals surface area contributed by atoms with Crippen LogP contribution in [-0.2, 0) is 4.79 Å². The van der Waals surface area contributed by atoms with E-state index in [1.807, 2.05) is 6.92 Å². The van der Waals surface area contributed by atoms with Gasteiger partial charge in [-0.3, -0.25) is 4.79 Å². The van der Waals surface area contributed by atoms with Crippen molar-refractivity contribution in [2.45, 2.75) is 98.8 Å². The summed E-state index contributed by atoms with van der Waals surface area (Å²) in [5.41, 5.74) is 0.911. The van der Waals surface area contributed by atoms with Gasteiger partial charge in [-0.15, -0.1) is 0 Å². The van der Waals surface area contributed by atoms with Crippen molar-refractivity contribution in [1.29, 1.82) is 0 Å². The van der Waals surface area contributed by atoms with Gasteiger partial charge in [0, 0.05) is 5.92 Å². The van der Waals surface area contributed by atoms with Gasteiger partial charge in [-0.1, -0.05) is 40.5 Å². The molecule has 4 saturated carbocycles. The normalized spacial score (nSPS) is 50.8. The number of hydrogen-bond acceptors (Lipinski definition) is 1. The summed E-state index contributed by atoms with van der Waals surface area (Å²) >= 11 is 0. The van der Waals surface area contributed by atoms with Gasteiger partial charge in [0.1, 0.15) is 5.78 Å². The van der Waals surface area contributed by atoms with E-state index < -0.39 is 0 Å². The van der Waals surface area contributed by atoms with Crippen LogP contribution >= 0.6 is 0 Å². The minimum Gasteiger partial charge on any atom is -0.300 e. The van der Waals surface area contributed by atoms with Crippen molar-refractivity contribution in [3.05, 3.63) is 0 Å². The Bertz CT molecular complexity index is 550. The summed E-state index contributed by atoms with van der Waals surface area (Å²) in [5, 5.41) is 0. The lowest BCUT2D eigenvalue weighted by Crippen LogP contribution is -2.53. The van der Waals surface area contributed by atoms with E-state index in [0.717, 1.165) is 23.7 Å². The van der Waals surface area contributed by atoms with Gasteiger partial charge in [-0.2, -0.15) is 0 Å². The minimum atomic E-state index is 0.296. The maximum Gasteiger partial charge on any atom is 0.133 e. The van der Waals surface area contributed by atoms with E-state index in [0.29, 0.717) is 34.4 Å². The smallest absolute Gasteiger partial charge is 0.133 e. The van der Waals surface area contributed by atoms with Gasteiger partial charge < -0.3 is 0 Å². The van der Waals surface area contributed by atoms with Gasteiger partial charge in [0.2, 0.25) is 0 Å². The summed E-state index contributed by atoms with van der Waals surface area (Å²) in [5.74, 6) is 5.88. The molecule has 0 aromatic carbocycles. The molecule has 0 aromatic rings. The van der Waals surface area contributed by atoms with E-state index in [1.54, 1.807) is 0 Å². The molecule has 0 amide bonds. The van der Waals surface area contributed by atoms with E-state index in [1.165, 1.54) is 64.2 Å². The summed E-state index contributed by atoms with van der Waals surface area (Å²) < 4.78 is 0. The number of fused-ring (bicyclic) bond motifs is 5. The van der Waals surface area contributed by atoms with Crippen LogP contribution in [0.4, 0.5) is 0 Å². The van der Waals surface area contributed by atoms with E-state index >= 15 is 0 Å². The fourth-order valence-electron chi connectivity index (χ4n) is 9.11. The van der Waals surface area contributed by atoms with Crippen LogP contribution in [0.25, 0.3) is 0 Å². The Hall–Kier alpha value is -0.330. The van der Waals surface area contributed by atoms with E-state index in [2.05, 4.69) is 27.7 Å². The molecule has 8 atom stereocenters. The Balaban J connectivity index is 1.64. The summed E-state index contributed by atoms with van der Waals surface area (Å²) in [4.78, 5) is 12.7. The lowest BCUT2D eigenvalue weighted by molar-refractivity contribution is -0.134. The third kappa shape index (κ3) is 2.74. The van der Waals surface area contributed by atoms with Crippen molar-refractivity contribution in [3.8, 4) is 0 Å². The summed E-state index contributed by atoms with van der Waals surface area (Å²) in [7, 11) is 0. The second kappa shape index (κ2) is 6.63. The van der Waals surface area contributed by atoms with Crippen LogP contribution < -0.4 is 0 Å². The zero-order chi connectivity index (χ0) is 18.7. The highest BCUT2D eigenvalue weighted by atomic mass is 16.1. The van der Waals surface area contributed by atoms with Crippen molar-refractivity contribution in [2.75, 3.05) is 0 Å². The zero-order valence-electron chi connectivity index (χ0n) is 18.0. The number of hydrogen-bond donors (Lipinski definition) is 0. The average Bonchev–Trinajstić information content (AvgIpc) is 2.85. The predicted molar refractivity (Wildman–Crippen MR) is 109 cm³/mol. The number of carbonyl (C=O) groups is 1. The molecule has 0 aliphatic heterocycles. The molecule has 148 valence electrons. The average molecular weight is 359 g/mol. The first kappa shape index (κ1) is 19.0. The zero-order valence-corrected chi connectivity index (χ0v) is 18.0. The van der Waals surface area contributed by atoms with Crippen LogP contribution in [0.15, 0.2) is 0 Å². The number of carbonyl (C=O) groups excluding carboxylic acids is 1. The van der Waals surface area contributed by atoms with Crippen LogP contribution in [0.3, 0.4) is 0 Å². The van der Waals surface area contributed by atoms with Crippen molar-refractivity contribution in [3.63, 3.8) is 0 Å². The molecular formula is C25H42O. The minimum absolute atomic E-state index is 0.296. The Kier molecular flexibility index (Phi) is 4.84. The Morgan fingerprint density at radius 3 is 2.42 bits per heavy atom. The quantitative estimate of drug-likeness (QED) is 0.536. The monoisotopic (exact) mass is 358 g/mol. The van der Waals surface area contributed by atoms with Gasteiger partial charge in [0.15, 0.2) is 0 Å². The molecule has 0 heterocycles. The Morgan fingerprint density at radius 2 is 1.73 bits per heavy atom. The molecule has 1 unspecified atom stereocenters. The fraction of sp³-hybridized carbons (Fsp3) is 0.960. The van der Waals surface area contributed by atoms with Gasteiger partial charge in [0.05, 0.1) is 0 Å². The Morgan fingerprint density at radius 1 is 0.962 bits per heavy atom. The van der Waals surface area contributed by atoms with Crippen molar-refractivity contribution >= 4 is 5.78 Å². The van der Waals surface area contributed by atoms with Crippen LogP contribution in [0.1, 0.15) is 98.8 Å². The molecule has 4 fully saturated rings. The predicted octanol–water partition coefficient (Wildman–Crippen LogP) is 6.90. The van der Waals surface area contributed by atoms with Crippen molar-refractivity contribution in [2.24, 2.45) is 52.3 Å². The molecule has 26 heavy (non-hydrogen) atoms. The molecular weight excluding hydrogens is 316 g/mol. The summed E-state index contributed by atoms with van der Waals surface area (Å²) in [6.45, 7) is 11.8. The molecule has 4 aliphatic carbocycles. The van der Waals surface area contributed by atoms with E-state index in [-0.39, 0.29) is 0 Å². The SMILES string of the molecule is CC(=O)[C@H]1[C@H](CC(C)C)C[C@H]2[C@@H]3CCC4CCCC[C@]4(C)[C@H]3CC[C@@]21C. The molecule has 1 nitrogen and oxygen atoms in total. The lowest BCUT2D eigenvalue weighted by atomic mass is 9.45. The summed E-state index contributed by atoms with van der Waals surface area (Å²) in [6, 6.07) is 0. The highest BCUT2D eigenvalue weighted by Gasteiger charge is 2.62. The second-order valence-electron chi connectivity index (χ2n) is 11.7. The maximum absolute atomic E-state index is 12.7. The molecule has 0 saturated heterocycles. The molecule has 4 rings (SSSR count). The first-order valence-corrected chi connectivity index (χ1v) is 11.8. The molecule has 1 heteroatoms. The van der Waals surface area contributed by atoms with Crippen LogP contribution in [0.5, 0.6) is 0 Å². The van der Waals surface area contributed by atoms with Gasteiger partial charge in [0.25, 0.3) is 0 Å². The highest BCUT2D eigenvalue weighted by molar-refractivity contribution is 5.80. The molecule has 0 spiro atoms. The largest absolute Gasteiger partial charge is 0.300 e. The molecule has 0 bridgehead atoms. The lowest BCUT2D eigenvalue weighted by Gasteiger charge is -2.60. The number of Topliss-reactive ketones (excluding diaryl/α,β-unsaturated/α-hetero) is 1. The van der Waals surface area contributed by atoms with Gasteiger partial charge in [-0.25, -0.2) is 0 Å². The van der Waals surface area contributed by atoms with Crippen LogP contribution in [0.2, 0.25) is 0 Å². The van der Waals surface area contributed by atoms with Crippen LogP contribution in [-0.4, -0.2) is 5.78 Å². The van der Waals surface area contributed by atoms with Crippen LogP contribution in [0, 0.1) is 52.3 Å². The Labute approximate surface area is 162 Å². The molecule has 0 aromatic heterocycles. The molecule has 0 N–H and O–H groups in total. The second-order valence-corrected chi connectivity index (χ2v) is 11.7. The van der Waals surface area contributed by atoms with Gasteiger partial charge in [-0.05, 0) is 105 Å². The maximum atomic E-state index is 12.7. The van der Waals surface area contributed by atoms with Crippen molar-refractivity contribution in [1.82, 2.24) is 0 Å². The third-order valence-electron chi connectivity index (χ3n) is 9.97. The molecule has 4 aliphatic rings. The standard InChI is InChI=1S/C25H42O/c1-16(2)14-18-15-22-20-10-9-19-8-6-7-12-24(19,4)21(20)11-13-25(22,5)23(18)17(3)26/h16,18-23H,6-15H2,1-5H3/t18-,19?,20-,21+,22+,23+,24+,25+/m1/s1. The number of ketones is 1. The van der Waals surface area contributed by atoms with Crippen molar-refractivity contribution < 1.29 is 4.79 Å². The fourth-order valence-corrected chi connectivity index (χ4v) is 9.11. The summed E-state index contributed by atoms with van der Waals surface area (Å²) in [6.07, 6.45) is 14.2. The van der Waals surface area contributed by atoms with Gasteiger partial charge >= 0.3 is 0 Å². The first-order valence-electron chi connectivity index (χ1n) is 11.8. The topological polar surface area (TPSA) is 17.1 Å².